The third-order valence-electron chi connectivity index (χ3n) is 3.65. The monoisotopic (exact) mass is 253 g/mol. The number of hydrogen-bond acceptors (Lipinski definition) is 3. The van der Waals surface area contributed by atoms with E-state index in [0.29, 0.717) is 10.8 Å². The summed E-state index contributed by atoms with van der Waals surface area (Å²) < 4.78 is 0. The summed E-state index contributed by atoms with van der Waals surface area (Å²) in [6, 6.07) is 3.50. The normalized spacial score (nSPS) is 24.6. The maximum absolute atomic E-state index is 5.87. The summed E-state index contributed by atoms with van der Waals surface area (Å²) in [6.07, 6.45) is 5.38. The van der Waals surface area contributed by atoms with Crippen molar-refractivity contribution in [2.75, 3.05) is 17.6 Å². The molecule has 3 nitrogen and oxygen atoms in total. The van der Waals surface area contributed by atoms with Gasteiger partial charge in [-0.15, -0.1) is 0 Å². The Balaban J connectivity index is 1.92. The molecule has 1 aromatic heterocycles. The first-order valence-corrected chi connectivity index (χ1v) is 6.70. The molecule has 1 aliphatic carbocycles. The summed E-state index contributed by atoms with van der Waals surface area (Å²) in [5, 5.41) is 3.80. The predicted molar refractivity (Wildman–Crippen MR) is 73.3 cm³/mol. The summed E-state index contributed by atoms with van der Waals surface area (Å²) in [6.45, 7) is 3.30. The van der Waals surface area contributed by atoms with Crippen LogP contribution in [0.5, 0.6) is 0 Å². The molecule has 2 atom stereocenters. The van der Waals surface area contributed by atoms with Crippen molar-refractivity contribution in [2.45, 2.75) is 32.6 Å². The van der Waals surface area contributed by atoms with Crippen LogP contribution < -0.4 is 11.1 Å². The minimum atomic E-state index is 0.448. The Hall–Kier alpha value is -0.960. The molecule has 94 valence electrons. The summed E-state index contributed by atoms with van der Waals surface area (Å²) in [4.78, 5) is 4.22. The van der Waals surface area contributed by atoms with Crippen molar-refractivity contribution >= 4 is 23.1 Å². The second kappa shape index (κ2) is 5.58. The first-order chi connectivity index (χ1) is 8.15. The number of nitrogen functional groups attached to an aromatic ring is 1. The van der Waals surface area contributed by atoms with Gasteiger partial charge in [0.25, 0.3) is 0 Å². The third kappa shape index (κ3) is 3.50. The molecular weight excluding hydrogens is 234 g/mol. The van der Waals surface area contributed by atoms with Crippen molar-refractivity contribution in [2.24, 2.45) is 11.8 Å². The number of nitrogens with zero attached hydrogens (tertiary/aromatic N) is 1. The summed E-state index contributed by atoms with van der Waals surface area (Å²) in [5.41, 5.74) is 6.39. The zero-order valence-electron chi connectivity index (χ0n) is 10.2. The van der Waals surface area contributed by atoms with Crippen molar-refractivity contribution in [3.05, 3.63) is 17.3 Å². The van der Waals surface area contributed by atoms with Gasteiger partial charge in [-0.05, 0) is 24.3 Å². The number of anilines is 2. The molecule has 1 aliphatic rings. The molecule has 1 saturated carbocycles. The largest absolute Gasteiger partial charge is 0.399 e. The first kappa shape index (κ1) is 12.5. The second-order valence-electron chi connectivity index (χ2n) is 5.01. The zero-order chi connectivity index (χ0) is 12.3. The number of nitrogens with two attached hydrogens (primary N) is 1. The van der Waals surface area contributed by atoms with Crippen LogP contribution in [-0.4, -0.2) is 11.5 Å². The molecule has 0 spiro atoms. The van der Waals surface area contributed by atoms with Crippen LogP contribution in [0, 0.1) is 11.8 Å². The smallest absolute Gasteiger partial charge is 0.133 e. The van der Waals surface area contributed by atoms with E-state index in [9.17, 15) is 0 Å². The standard InChI is InChI=1S/C13H20ClN3/c1-9-4-2-3-5-10(9)8-16-13-7-11(15)6-12(14)17-13/h6-7,9-10H,2-5,8H2,1H3,(H3,15,16,17). The molecule has 0 radical (unpaired) electrons. The van der Waals surface area contributed by atoms with Gasteiger partial charge in [-0.3, -0.25) is 0 Å². The third-order valence-corrected chi connectivity index (χ3v) is 3.84. The van der Waals surface area contributed by atoms with Gasteiger partial charge < -0.3 is 11.1 Å². The highest BCUT2D eigenvalue weighted by atomic mass is 35.5. The van der Waals surface area contributed by atoms with Gasteiger partial charge in [0.15, 0.2) is 0 Å². The van der Waals surface area contributed by atoms with Gasteiger partial charge in [-0.2, -0.15) is 0 Å². The second-order valence-corrected chi connectivity index (χ2v) is 5.40. The summed E-state index contributed by atoms with van der Waals surface area (Å²) in [5.74, 6) is 2.33. The number of aromatic nitrogens is 1. The molecule has 2 unspecified atom stereocenters. The number of rotatable bonds is 3. The highest BCUT2D eigenvalue weighted by Crippen LogP contribution is 2.29. The lowest BCUT2D eigenvalue weighted by Gasteiger charge is -2.29. The van der Waals surface area contributed by atoms with Gasteiger partial charge in [0.1, 0.15) is 11.0 Å². The fourth-order valence-corrected chi connectivity index (χ4v) is 2.76. The molecule has 1 fully saturated rings. The van der Waals surface area contributed by atoms with E-state index in [1.807, 2.05) is 6.07 Å². The lowest BCUT2D eigenvalue weighted by molar-refractivity contribution is 0.268. The van der Waals surface area contributed by atoms with Crippen LogP contribution in [0.25, 0.3) is 0 Å². The fraction of sp³-hybridized carbons (Fsp3) is 0.615. The van der Waals surface area contributed by atoms with Crippen molar-refractivity contribution in [3.8, 4) is 0 Å². The van der Waals surface area contributed by atoms with E-state index in [0.717, 1.165) is 24.2 Å². The fourth-order valence-electron chi connectivity index (χ4n) is 2.54. The maximum Gasteiger partial charge on any atom is 0.133 e. The van der Waals surface area contributed by atoms with Crippen LogP contribution in [0.15, 0.2) is 12.1 Å². The van der Waals surface area contributed by atoms with Gasteiger partial charge in [0.2, 0.25) is 0 Å². The van der Waals surface area contributed by atoms with E-state index in [1.54, 1.807) is 6.07 Å². The molecule has 1 heterocycles. The highest BCUT2D eigenvalue weighted by molar-refractivity contribution is 6.29. The van der Waals surface area contributed by atoms with E-state index in [4.69, 9.17) is 17.3 Å². The van der Waals surface area contributed by atoms with Gasteiger partial charge in [-0.25, -0.2) is 4.98 Å². The van der Waals surface area contributed by atoms with Crippen molar-refractivity contribution < 1.29 is 0 Å². The number of pyridine rings is 1. The number of nitrogens with one attached hydrogen (secondary N) is 1. The molecule has 0 bridgehead atoms. The van der Waals surface area contributed by atoms with E-state index < -0.39 is 0 Å². The van der Waals surface area contributed by atoms with E-state index in [2.05, 4.69) is 17.2 Å². The minimum Gasteiger partial charge on any atom is -0.399 e. The SMILES string of the molecule is CC1CCCCC1CNc1cc(N)cc(Cl)n1. The lowest BCUT2D eigenvalue weighted by Crippen LogP contribution is -2.24. The summed E-state index contributed by atoms with van der Waals surface area (Å²) in [7, 11) is 0. The minimum absolute atomic E-state index is 0.448. The Morgan fingerprint density at radius 2 is 2.18 bits per heavy atom. The molecule has 0 aliphatic heterocycles. The van der Waals surface area contributed by atoms with Crippen molar-refractivity contribution in [1.82, 2.24) is 4.98 Å². The number of hydrogen-bond donors (Lipinski definition) is 2. The Bertz CT molecular complexity index is 361. The Kier molecular flexibility index (Phi) is 4.11. The maximum atomic E-state index is 5.87. The predicted octanol–water partition coefficient (Wildman–Crippen LogP) is 3.56. The quantitative estimate of drug-likeness (QED) is 0.810. The van der Waals surface area contributed by atoms with Crippen molar-refractivity contribution in [1.29, 1.82) is 0 Å². The Morgan fingerprint density at radius 3 is 2.88 bits per heavy atom. The topological polar surface area (TPSA) is 50.9 Å². The Labute approximate surface area is 108 Å². The van der Waals surface area contributed by atoms with E-state index >= 15 is 0 Å². The molecule has 1 aromatic rings. The molecule has 17 heavy (non-hydrogen) atoms. The number of halogens is 1. The van der Waals surface area contributed by atoms with Gasteiger partial charge in [-0.1, -0.05) is 37.8 Å². The zero-order valence-corrected chi connectivity index (χ0v) is 11.0. The average molecular weight is 254 g/mol. The molecule has 3 N–H and O–H groups in total. The van der Waals surface area contributed by atoms with Crippen LogP contribution in [-0.2, 0) is 0 Å². The van der Waals surface area contributed by atoms with E-state index in [1.165, 1.54) is 25.7 Å². The molecule has 2 rings (SSSR count). The van der Waals surface area contributed by atoms with Gasteiger partial charge in [0, 0.05) is 18.3 Å². The van der Waals surface area contributed by atoms with Crippen LogP contribution in [0.3, 0.4) is 0 Å². The van der Waals surface area contributed by atoms with Gasteiger partial charge in [0.05, 0.1) is 0 Å². The van der Waals surface area contributed by atoms with Gasteiger partial charge >= 0.3 is 0 Å². The molecule has 0 aromatic carbocycles. The molecule has 0 amide bonds. The Morgan fingerprint density at radius 1 is 1.41 bits per heavy atom. The summed E-state index contributed by atoms with van der Waals surface area (Å²) >= 11 is 5.87. The van der Waals surface area contributed by atoms with Crippen molar-refractivity contribution in [3.63, 3.8) is 0 Å². The van der Waals surface area contributed by atoms with Crippen LogP contribution in [0.4, 0.5) is 11.5 Å². The first-order valence-electron chi connectivity index (χ1n) is 6.32. The average Bonchev–Trinajstić information content (AvgIpc) is 2.27. The van der Waals surface area contributed by atoms with Crippen LogP contribution >= 0.6 is 11.6 Å². The highest BCUT2D eigenvalue weighted by Gasteiger charge is 2.20. The molecule has 4 heteroatoms. The molecular formula is C13H20ClN3. The van der Waals surface area contributed by atoms with Crippen LogP contribution in [0.2, 0.25) is 5.15 Å². The van der Waals surface area contributed by atoms with Crippen LogP contribution in [0.1, 0.15) is 32.6 Å². The van der Waals surface area contributed by atoms with E-state index in [-0.39, 0.29) is 0 Å². The lowest BCUT2D eigenvalue weighted by atomic mass is 9.80. The molecule has 0 saturated heterocycles.